The maximum absolute atomic E-state index is 12.9. The molecule has 3 aromatic carbocycles. The zero-order chi connectivity index (χ0) is 17.9. The standard InChI is InChI=1S/C19H16ClNO3S/c1-24-18-12-11-15(20)13-19(18)25(22,23)21-17-10-6-5-9-16(17)14-7-3-2-4-8-14/h2-13,21H,1H3. The van der Waals surface area contributed by atoms with Crippen molar-refractivity contribution < 1.29 is 13.2 Å². The van der Waals surface area contributed by atoms with Crippen LogP contribution < -0.4 is 9.46 Å². The van der Waals surface area contributed by atoms with Gasteiger partial charge in [0.05, 0.1) is 12.8 Å². The lowest BCUT2D eigenvalue weighted by molar-refractivity contribution is 0.403. The molecule has 0 heterocycles. The molecule has 0 saturated heterocycles. The Bertz CT molecular complexity index is 989. The monoisotopic (exact) mass is 373 g/mol. The van der Waals surface area contributed by atoms with Crippen LogP contribution in [0.5, 0.6) is 5.75 Å². The van der Waals surface area contributed by atoms with Crippen LogP contribution in [0.1, 0.15) is 0 Å². The number of nitrogens with one attached hydrogen (secondary N) is 1. The van der Waals surface area contributed by atoms with Crippen molar-refractivity contribution in [3.8, 4) is 16.9 Å². The van der Waals surface area contributed by atoms with Gasteiger partial charge in [0, 0.05) is 10.6 Å². The molecule has 0 atom stereocenters. The number of hydrogen-bond donors (Lipinski definition) is 1. The van der Waals surface area contributed by atoms with Crippen molar-refractivity contribution in [3.05, 3.63) is 77.8 Å². The van der Waals surface area contributed by atoms with E-state index in [0.717, 1.165) is 11.1 Å². The molecule has 0 unspecified atom stereocenters. The smallest absolute Gasteiger partial charge is 0.265 e. The minimum absolute atomic E-state index is 0.00892. The van der Waals surface area contributed by atoms with Crippen molar-refractivity contribution >= 4 is 27.3 Å². The van der Waals surface area contributed by atoms with E-state index in [0.29, 0.717) is 10.7 Å². The molecule has 0 radical (unpaired) electrons. The summed E-state index contributed by atoms with van der Waals surface area (Å²) >= 11 is 5.96. The second kappa shape index (κ2) is 7.17. The maximum Gasteiger partial charge on any atom is 0.265 e. The average molecular weight is 374 g/mol. The van der Waals surface area contributed by atoms with E-state index in [4.69, 9.17) is 16.3 Å². The molecular weight excluding hydrogens is 358 g/mol. The Hall–Kier alpha value is -2.50. The Labute approximate surface area is 152 Å². The van der Waals surface area contributed by atoms with Crippen LogP contribution in [0.4, 0.5) is 5.69 Å². The predicted molar refractivity (Wildman–Crippen MR) is 101 cm³/mol. The van der Waals surface area contributed by atoms with E-state index in [1.807, 2.05) is 42.5 Å². The zero-order valence-corrected chi connectivity index (χ0v) is 15.0. The molecule has 0 aliphatic carbocycles. The summed E-state index contributed by atoms with van der Waals surface area (Å²) in [7, 11) is -2.45. The molecule has 0 fully saturated rings. The summed E-state index contributed by atoms with van der Waals surface area (Å²) < 4.78 is 33.5. The van der Waals surface area contributed by atoms with Gasteiger partial charge in [-0.1, -0.05) is 60.1 Å². The van der Waals surface area contributed by atoms with E-state index in [1.165, 1.54) is 19.2 Å². The molecular formula is C19H16ClNO3S. The third-order valence-electron chi connectivity index (χ3n) is 3.67. The van der Waals surface area contributed by atoms with Crippen LogP contribution in [0.15, 0.2) is 77.7 Å². The number of anilines is 1. The summed E-state index contributed by atoms with van der Waals surface area (Å²) in [6.07, 6.45) is 0. The first kappa shape index (κ1) is 17.3. The van der Waals surface area contributed by atoms with Gasteiger partial charge in [-0.05, 0) is 29.8 Å². The highest BCUT2D eigenvalue weighted by atomic mass is 35.5. The third-order valence-corrected chi connectivity index (χ3v) is 5.29. The summed E-state index contributed by atoms with van der Waals surface area (Å²) in [6, 6.07) is 21.3. The number of hydrogen-bond acceptors (Lipinski definition) is 3. The fourth-order valence-electron chi connectivity index (χ4n) is 2.50. The maximum atomic E-state index is 12.9. The molecule has 0 amide bonds. The minimum atomic E-state index is -3.87. The molecule has 25 heavy (non-hydrogen) atoms. The SMILES string of the molecule is COc1ccc(Cl)cc1S(=O)(=O)Nc1ccccc1-c1ccccc1. The highest BCUT2D eigenvalue weighted by Gasteiger charge is 2.21. The quantitative estimate of drug-likeness (QED) is 0.697. The average Bonchev–Trinajstić information content (AvgIpc) is 2.62. The Morgan fingerprint density at radius 1 is 0.920 bits per heavy atom. The highest BCUT2D eigenvalue weighted by molar-refractivity contribution is 7.92. The summed E-state index contributed by atoms with van der Waals surface area (Å²) in [4.78, 5) is -0.00892. The van der Waals surface area contributed by atoms with Gasteiger partial charge in [-0.15, -0.1) is 0 Å². The van der Waals surface area contributed by atoms with Crippen LogP contribution in [0.25, 0.3) is 11.1 Å². The van der Waals surface area contributed by atoms with E-state index in [2.05, 4.69) is 4.72 Å². The lowest BCUT2D eigenvalue weighted by Gasteiger charge is -2.15. The molecule has 0 spiro atoms. The first-order chi connectivity index (χ1) is 12.0. The van der Waals surface area contributed by atoms with Gasteiger partial charge in [-0.3, -0.25) is 4.72 Å². The number of sulfonamides is 1. The van der Waals surface area contributed by atoms with Gasteiger partial charge in [-0.2, -0.15) is 0 Å². The molecule has 6 heteroatoms. The number of ether oxygens (including phenoxy) is 1. The fraction of sp³-hybridized carbons (Fsp3) is 0.0526. The Morgan fingerprint density at radius 3 is 2.32 bits per heavy atom. The van der Waals surface area contributed by atoms with Gasteiger partial charge in [0.2, 0.25) is 0 Å². The molecule has 0 aliphatic heterocycles. The molecule has 0 aliphatic rings. The first-order valence-electron chi connectivity index (χ1n) is 7.52. The zero-order valence-electron chi connectivity index (χ0n) is 13.4. The lowest BCUT2D eigenvalue weighted by Crippen LogP contribution is -2.14. The van der Waals surface area contributed by atoms with Crippen molar-refractivity contribution in [1.82, 2.24) is 0 Å². The topological polar surface area (TPSA) is 55.4 Å². The third kappa shape index (κ3) is 3.78. The number of halogens is 1. The van der Waals surface area contributed by atoms with E-state index < -0.39 is 10.0 Å². The van der Waals surface area contributed by atoms with Gasteiger partial charge in [0.1, 0.15) is 10.6 Å². The summed E-state index contributed by atoms with van der Waals surface area (Å²) in [5.74, 6) is 0.231. The Balaban J connectivity index is 2.05. The summed E-state index contributed by atoms with van der Waals surface area (Å²) in [6.45, 7) is 0. The summed E-state index contributed by atoms with van der Waals surface area (Å²) in [5, 5.41) is 0.317. The van der Waals surface area contributed by atoms with E-state index in [-0.39, 0.29) is 10.6 Å². The Kier molecular flexibility index (Phi) is 4.97. The van der Waals surface area contributed by atoms with E-state index >= 15 is 0 Å². The largest absolute Gasteiger partial charge is 0.495 e. The molecule has 3 aromatic rings. The molecule has 0 aromatic heterocycles. The number of benzene rings is 3. The predicted octanol–water partition coefficient (Wildman–Crippen LogP) is 4.82. The van der Waals surface area contributed by atoms with Gasteiger partial charge < -0.3 is 4.74 Å². The van der Waals surface area contributed by atoms with Crippen LogP contribution in [0.2, 0.25) is 5.02 Å². The van der Waals surface area contributed by atoms with Crippen molar-refractivity contribution in [2.75, 3.05) is 11.8 Å². The van der Waals surface area contributed by atoms with Crippen LogP contribution in [-0.2, 0) is 10.0 Å². The van der Waals surface area contributed by atoms with E-state index in [9.17, 15) is 8.42 Å². The van der Waals surface area contributed by atoms with Crippen LogP contribution in [0.3, 0.4) is 0 Å². The van der Waals surface area contributed by atoms with Gasteiger partial charge >= 0.3 is 0 Å². The molecule has 128 valence electrons. The normalized spacial score (nSPS) is 11.1. The number of para-hydroxylation sites is 1. The van der Waals surface area contributed by atoms with Crippen molar-refractivity contribution in [2.24, 2.45) is 0 Å². The second-order valence-electron chi connectivity index (χ2n) is 5.31. The Morgan fingerprint density at radius 2 is 1.60 bits per heavy atom. The van der Waals surface area contributed by atoms with Crippen LogP contribution in [-0.4, -0.2) is 15.5 Å². The molecule has 4 nitrogen and oxygen atoms in total. The molecule has 0 bridgehead atoms. The van der Waals surface area contributed by atoms with Crippen LogP contribution in [0, 0.1) is 0 Å². The number of methoxy groups -OCH3 is 1. The lowest BCUT2D eigenvalue weighted by atomic mass is 10.0. The van der Waals surface area contributed by atoms with Gasteiger partial charge in [0.15, 0.2) is 0 Å². The highest BCUT2D eigenvalue weighted by Crippen LogP contribution is 2.32. The van der Waals surface area contributed by atoms with Gasteiger partial charge in [0.25, 0.3) is 10.0 Å². The van der Waals surface area contributed by atoms with Crippen molar-refractivity contribution in [3.63, 3.8) is 0 Å². The molecule has 1 N–H and O–H groups in total. The van der Waals surface area contributed by atoms with Crippen LogP contribution >= 0.6 is 11.6 Å². The van der Waals surface area contributed by atoms with Crippen molar-refractivity contribution in [2.45, 2.75) is 4.90 Å². The minimum Gasteiger partial charge on any atom is -0.495 e. The second-order valence-corrected chi connectivity index (χ2v) is 7.40. The number of rotatable bonds is 5. The molecule has 3 rings (SSSR count). The first-order valence-corrected chi connectivity index (χ1v) is 9.38. The fourth-order valence-corrected chi connectivity index (χ4v) is 4.01. The summed E-state index contributed by atoms with van der Waals surface area (Å²) in [5.41, 5.74) is 2.18. The van der Waals surface area contributed by atoms with Gasteiger partial charge in [-0.25, -0.2) is 8.42 Å². The van der Waals surface area contributed by atoms with Crippen molar-refractivity contribution in [1.29, 1.82) is 0 Å². The van der Waals surface area contributed by atoms with E-state index in [1.54, 1.807) is 18.2 Å². The molecule has 0 saturated carbocycles.